The van der Waals surface area contributed by atoms with Gasteiger partial charge in [0.15, 0.2) is 0 Å². The molecule has 0 spiro atoms. The van der Waals surface area contributed by atoms with Crippen LogP contribution >= 0.6 is 0 Å². The summed E-state index contributed by atoms with van der Waals surface area (Å²) in [7, 11) is 0. The smallest absolute Gasteiger partial charge is 0.372 e. The molecule has 1 amide bonds. The summed E-state index contributed by atoms with van der Waals surface area (Å²) in [4.78, 5) is 16.6. The number of aromatic nitrogens is 2. The Morgan fingerprint density at radius 2 is 2.08 bits per heavy atom. The highest BCUT2D eigenvalue weighted by Gasteiger charge is 2.27. The minimum atomic E-state index is -4.32. The molecule has 2 rings (SSSR count). The third-order valence-electron chi connectivity index (χ3n) is 3.88. The number of carbonyl (C=O) groups is 1. The number of carbonyl (C=O) groups excluding carboxylic acids is 1. The number of rotatable bonds is 8. The van der Waals surface area contributed by atoms with E-state index in [4.69, 9.17) is 0 Å². The van der Waals surface area contributed by atoms with Gasteiger partial charge < -0.3 is 14.6 Å². The first-order chi connectivity index (χ1) is 12.3. The number of hydrogen-bond donors (Lipinski definition) is 1. The second kappa shape index (κ2) is 8.84. The van der Waals surface area contributed by atoms with Crippen LogP contribution in [0.4, 0.5) is 13.2 Å². The van der Waals surface area contributed by atoms with Gasteiger partial charge in [-0.25, -0.2) is 0 Å². The van der Waals surface area contributed by atoms with Crippen molar-refractivity contribution in [2.24, 2.45) is 0 Å². The van der Waals surface area contributed by atoms with Gasteiger partial charge in [0.05, 0.1) is 17.8 Å². The normalized spacial score (nSPS) is 11.6. The zero-order chi connectivity index (χ0) is 19.2. The summed E-state index contributed by atoms with van der Waals surface area (Å²) in [5, 5.41) is 2.71. The SMILES string of the molecule is Cc1cc(C(=O)NCCCOCC(F)(F)F)c(C)n1Cc1ccccn1. The number of aryl methyl sites for hydroxylation is 1. The van der Waals surface area contributed by atoms with Crippen LogP contribution in [0.2, 0.25) is 0 Å². The molecule has 0 aliphatic heterocycles. The lowest BCUT2D eigenvalue weighted by Gasteiger charge is -2.10. The predicted octanol–water partition coefficient (Wildman–Crippen LogP) is 3.25. The zero-order valence-electron chi connectivity index (χ0n) is 14.8. The number of amides is 1. The number of nitrogens with one attached hydrogen (secondary N) is 1. The summed E-state index contributed by atoms with van der Waals surface area (Å²) in [5.41, 5.74) is 3.20. The van der Waals surface area contributed by atoms with Gasteiger partial charge in [-0.3, -0.25) is 9.78 Å². The van der Waals surface area contributed by atoms with Crippen LogP contribution in [-0.2, 0) is 11.3 Å². The summed E-state index contributed by atoms with van der Waals surface area (Å²) < 4.78 is 42.4. The van der Waals surface area contributed by atoms with Crippen molar-refractivity contribution >= 4 is 5.91 Å². The largest absolute Gasteiger partial charge is 0.411 e. The van der Waals surface area contributed by atoms with Gasteiger partial charge in [-0.1, -0.05) is 6.07 Å². The Bertz CT molecular complexity index is 727. The van der Waals surface area contributed by atoms with Gasteiger partial charge in [0.25, 0.3) is 5.91 Å². The number of ether oxygens (including phenoxy) is 1. The Balaban J connectivity index is 1.86. The van der Waals surface area contributed by atoms with E-state index >= 15 is 0 Å². The van der Waals surface area contributed by atoms with E-state index in [9.17, 15) is 18.0 Å². The highest BCUT2D eigenvalue weighted by Crippen LogP contribution is 2.17. The molecule has 2 aromatic rings. The topological polar surface area (TPSA) is 56.1 Å². The Morgan fingerprint density at radius 3 is 2.73 bits per heavy atom. The van der Waals surface area contributed by atoms with Gasteiger partial charge in [-0.05, 0) is 38.5 Å². The number of pyridine rings is 1. The summed E-state index contributed by atoms with van der Waals surface area (Å²) in [5.74, 6) is -0.249. The molecule has 0 fully saturated rings. The van der Waals surface area contributed by atoms with Gasteiger partial charge in [0.2, 0.25) is 0 Å². The van der Waals surface area contributed by atoms with Gasteiger partial charge in [-0.2, -0.15) is 13.2 Å². The van der Waals surface area contributed by atoms with Crippen molar-refractivity contribution in [1.82, 2.24) is 14.9 Å². The minimum absolute atomic E-state index is 0.0571. The van der Waals surface area contributed by atoms with Gasteiger partial charge in [0.1, 0.15) is 6.61 Å². The first-order valence-corrected chi connectivity index (χ1v) is 8.27. The molecule has 2 aromatic heterocycles. The maximum Gasteiger partial charge on any atom is 0.411 e. The standard InChI is InChI=1S/C18H22F3N3O2/c1-13-10-16(14(2)24(13)11-15-6-3-4-7-22-15)17(25)23-8-5-9-26-12-18(19,20)21/h3-4,6-7,10H,5,8-9,11-12H2,1-2H3,(H,23,25). The minimum Gasteiger partial charge on any atom is -0.372 e. The lowest BCUT2D eigenvalue weighted by atomic mass is 10.2. The van der Waals surface area contributed by atoms with Crippen molar-refractivity contribution in [1.29, 1.82) is 0 Å². The van der Waals surface area contributed by atoms with Gasteiger partial charge >= 0.3 is 6.18 Å². The molecule has 0 radical (unpaired) electrons. The fourth-order valence-corrected chi connectivity index (χ4v) is 2.59. The zero-order valence-corrected chi connectivity index (χ0v) is 14.8. The molecule has 0 saturated carbocycles. The van der Waals surface area contributed by atoms with Gasteiger partial charge in [0, 0.05) is 30.7 Å². The van der Waals surface area contributed by atoms with Gasteiger partial charge in [-0.15, -0.1) is 0 Å². The molecule has 1 N–H and O–H groups in total. The second-order valence-corrected chi connectivity index (χ2v) is 5.97. The van der Waals surface area contributed by atoms with Crippen LogP contribution in [0, 0.1) is 13.8 Å². The molecule has 26 heavy (non-hydrogen) atoms. The maximum absolute atomic E-state index is 12.3. The summed E-state index contributed by atoms with van der Waals surface area (Å²) in [6, 6.07) is 7.47. The van der Waals surface area contributed by atoms with E-state index in [2.05, 4.69) is 15.0 Å². The lowest BCUT2D eigenvalue weighted by molar-refractivity contribution is -0.173. The molecule has 0 bridgehead atoms. The van der Waals surface area contributed by atoms with E-state index in [1.54, 1.807) is 12.3 Å². The summed E-state index contributed by atoms with van der Waals surface area (Å²) in [6.45, 7) is 3.26. The fourth-order valence-electron chi connectivity index (χ4n) is 2.59. The number of nitrogens with zero attached hydrogens (tertiary/aromatic N) is 2. The highest BCUT2D eigenvalue weighted by molar-refractivity contribution is 5.95. The predicted molar refractivity (Wildman–Crippen MR) is 91.1 cm³/mol. The summed E-state index contributed by atoms with van der Waals surface area (Å²) in [6.07, 6.45) is -2.29. The van der Waals surface area contributed by atoms with Crippen LogP contribution in [0.15, 0.2) is 30.5 Å². The molecular formula is C18H22F3N3O2. The highest BCUT2D eigenvalue weighted by atomic mass is 19.4. The first-order valence-electron chi connectivity index (χ1n) is 8.27. The Kier molecular flexibility index (Phi) is 6.79. The molecule has 0 saturated heterocycles. The lowest BCUT2D eigenvalue weighted by Crippen LogP contribution is -2.26. The van der Waals surface area contributed by atoms with Crippen molar-refractivity contribution in [3.8, 4) is 0 Å². The molecular weight excluding hydrogens is 347 g/mol. The average molecular weight is 369 g/mol. The van der Waals surface area contributed by atoms with Crippen molar-refractivity contribution in [2.75, 3.05) is 19.8 Å². The van der Waals surface area contributed by atoms with Crippen molar-refractivity contribution < 1.29 is 22.7 Å². The van der Waals surface area contributed by atoms with Crippen LogP contribution in [0.1, 0.15) is 33.9 Å². The molecule has 0 aromatic carbocycles. The van der Waals surface area contributed by atoms with E-state index in [0.29, 0.717) is 18.5 Å². The Morgan fingerprint density at radius 1 is 1.31 bits per heavy atom. The average Bonchev–Trinajstić information content (AvgIpc) is 2.86. The van der Waals surface area contributed by atoms with Crippen molar-refractivity contribution in [2.45, 2.75) is 33.0 Å². The molecule has 8 heteroatoms. The third kappa shape index (κ3) is 5.87. The van der Waals surface area contributed by atoms with Crippen molar-refractivity contribution in [3.05, 3.63) is 53.1 Å². The first kappa shape index (κ1) is 20.0. The number of alkyl halides is 3. The Hall–Kier alpha value is -2.35. The summed E-state index contributed by atoms with van der Waals surface area (Å²) >= 11 is 0. The van der Waals surface area contributed by atoms with Crippen LogP contribution < -0.4 is 5.32 Å². The molecule has 0 unspecified atom stereocenters. The van der Waals surface area contributed by atoms with E-state index in [0.717, 1.165) is 17.1 Å². The second-order valence-electron chi connectivity index (χ2n) is 5.97. The van der Waals surface area contributed by atoms with Crippen LogP contribution in [0.5, 0.6) is 0 Å². The molecule has 5 nitrogen and oxygen atoms in total. The fraction of sp³-hybridized carbons (Fsp3) is 0.444. The molecule has 142 valence electrons. The van der Waals surface area contributed by atoms with Crippen LogP contribution in [0.3, 0.4) is 0 Å². The quantitative estimate of drug-likeness (QED) is 0.727. The van der Waals surface area contributed by atoms with E-state index in [-0.39, 0.29) is 19.1 Å². The number of hydrogen-bond acceptors (Lipinski definition) is 3. The monoisotopic (exact) mass is 369 g/mol. The molecule has 0 atom stereocenters. The Labute approximate surface area is 150 Å². The van der Waals surface area contributed by atoms with Crippen LogP contribution in [-0.4, -0.2) is 41.4 Å². The van der Waals surface area contributed by atoms with E-state index in [1.807, 2.05) is 36.6 Å². The molecule has 0 aliphatic carbocycles. The van der Waals surface area contributed by atoms with Crippen molar-refractivity contribution in [3.63, 3.8) is 0 Å². The number of halogens is 3. The maximum atomic E-state index is 12.3. The van der Waals surface area contributed by atoms with E-state index < -0.39 is 12.8 Å². The van der Waals surface area contributed by atoms with E-state index in [1.165, 1.54) is 0 Å². The third-order valence-corrected chi connectivity index (χ3v) is 3.88. The van der Waals surface area contributed by atoms with Crippen LogP contribution in [0.25, 0.3) is 0 Å². The molecule has 0 aliphatic rings. The molecule has 2 heterocycles.